The van der Waals surface area contributed by atoms with Crippen LogP contribution in [0, 0.1) is 25.9 Å². The number of aromatic nitrogens is 2. The zero-order chi connectivity index (χ0) is 11.5. The van der Waals surface area contributed by atoms with E-state index in [1.54, 1.807) is 12.1 Å². The summed E-state index contributed by atoms with van der Waals surface area (Å²) in [4.78, 5) is 8.31. The molecule has 3 heteroatoms. The second-order valence-corrected chi connectivity index (χ2v) is 3.75. The first-order valence-corrected chi connectivity index (χ1v) is 5.11. The van der Waals surface area contributed by atoms with Gasteiger partial charge in [-0.3, -0.25) is 0 Å². The molecule has 81 valence electrons. The fraction of sp³-hybridized carbons (Fsp3) is 0.231. The molecule has 0 aliphatic carbocycles. The summed E-state index contributed by atoms with van der Waals surface area (Å²) >= 11 is 0. The number of aryl methyl sites for hydroxylation is 2. The fourth-order valence-electron chi connectivity index (χ4n) is 1.54. The summed E-state index contributed by atoms with van der Waals surface area (Å²) in [5.41, 5.74) is 2.92. The lowest BCUT2D eigenvalue weighted by molar-refractivity contribution is 0.627. The van der Waals surface area contributed by atoms with E-state index >= 15 is 0 Å². The zero-order valence-electron chi connectivity index (χ0n) is 9.29. The van der Waals surface area contributed by atoms with E-state index in [1.807, 2.05) is 13.8 Å². The van der Waals surface area contributed by atoms with E-state index in [0.717, 1.165) is 22.6 Å². The zero-order valence-corrected chi connectivity index (χ0v) is 9.29. The molecule has 1 aromatic heterocycles. The summed E-state index contributed by atoms with van der Waals surface area (Å²) in [7, 11) is 0. The smallest absolute Gasteiger partial charge is 0.126 e. The van der Waals surface area contributed by atoms with E-state index in [4.69, 9.17) is 0 Å². The first-order chi connectivity index (χ1) is 7.65. The van der Waals surface area contributed by atoms with Crippen LogP contribution in [0.15, 0.2) is 24.3 Å². The van der Waals surface area contributed by atoms with Crippen LogP contribution in [0.5, 0.6) is 0 Å². The van der Waals surface area contributed by atoms with E-state index in [0.29, 0.717) is 6.42 Å². The Bertz CT molecular complexity index is 492. The van der Waals surface area contributed by atoms with Gasteiger partial charge in [-0.05, 0) is 31.5 Å². The van der Waals surface area contributed by atoms with Gasteiger partial charge in [-0.1, -0.05) is 12.1 Å². The van der Waals surface area contributed by atoms with Crippen LogP contribution in [-0.4, -0.2) is 9.97 Å². The predicted molar refractivity (Wildman–Crippen MR) is 59.5 cm³/mol. The lowest BCUT2D eigenvalue weighted by Gasteiger charge is -2.04. The molecule has 0 bridgehead atoms. The number of halogens is 1. The molecule has 0 spiro atoms. The van der Waals surface area contributed by atoms with Gasteiger partial charge in [0.1, 0.15) is 11.6 Å². The van der Waals surface area contributed by atoms with Crippen molar-refractivity contribution in [3.8, 4) is 0 Å². The molecule has 0 aliphatic rings. The van der Waals surface area contributed by atoms with E-state index in [9.17, 15) is 4.39 Å². The molecule has 0 amide bonds. The third kappa shape index (κ3) is 2.42. The van der Waals surface area contributed by atoms with Crippen molar-refractivity contribution in [2.75, 3.05) is 0 Å². The molecule has 1 aromatic carbocycles. The van der Waals surface area contributed by atoms with Crippen LogP contribution in [0.1, 0.15) is 22.6 Å². The normalized spacial score (nSPS) is 10.4. The third-order valence-corrected chi connectivity index (χ3v) is 2.41. The Hall–Kier alpha value is -1.77. The highest BCUT2D eigenvalue weighted by molar-refractivity contribution is 5.26. The van der Waals surface area contributed by atoms with Crippen LogP contribution in [-0.2, 0) is 6.42 Å². The number of rotatable bonds is 2. The van der Waals surface area contributed by atoms with Crippen molar-refractivity contribution < 1.29 is 4.39 Å². The van der Waals surface area contributed by atoms with E-state index in [-0.39, 0.29) is 5.82 Å². The van der Waals surface area contributed by atoms with Gasteiger partial charge in [0.15, 0.2) is 0 Å². The number of nitrogens with zero attached hydrogens (tertiary/aromatic N) is 2. The minimum atomic E-state index is -0.218. The molecular formula is C13H12FN2. The number of benzene rings is 1. The topological polar surface area (TPSA) is 25.8 Å². The van der Waals surface area contributed by atoms with Crippen LogP contribution >= 0.6 is 0 Å². The third-order valence-electron chi connectivity index (χ3n) is 2.41. The lowest BCUT2D eigenvalue weighted by Crippen LogP contribution is -1.99. The molecule has 0 aliphatic heterocycles. The minimum absolute atomic E-state index is 0.218. The standard InChI is InChI=1S/C13H12FN2/c1-9-12(8-15-10(2)16-9)7-11-3-5-13(14)6-4-11/h3-6H,7H2,1-2H3. The van der Waals surface area contributed by atoms with Gasteiger partial charge in [0.05, 0.1) is 6.20 Å². The molecular weight excluding hydrogens is 203 g/mol. The summed E-state index contributed by atoms with van der Waals surface area (Å²) in [6, 6.07) is 6.45. The molecule has 0 fully saturated rings. The van der Waals surface area contributed by atoms with Crippen LogP contribution in [0.25, 0.3) is 0 Å². The molecule has 16 heavy (non-hydrogen) atoms. The van der Waals surface area contributed by atoms with Gasteiger partial charge < -0.3 is 0 Å². The molecule has 0 unspecified atom stereocenters. The van der Waals surface area contributed by atoms with Gasteiger partial charge in [0.2, 0.25) is 0 Å². The SMILES string of the molecule is Cc1n[c]c(Cc2ccc(F)cc2)c(C)n1. The van der Waals surface area contributed by atoms with Crippen LogP contribution in [0.4, 0.5) is 4.39 Å². The minimum Gasteiger partial charge on any atom is -0.238 e. The Labute approximate surface area is 94.2 Å². The molecule has 0 saturated heterocycles. The Balaban J connectivity index is 2.23. The van der Waals surface area contributed by atoms with E-state index in [1.165, 1.54) is 12.1 Å². The molecule has 0 N–H and O–H groups in total. The van der Waals surface area contributed by atoms with Gasteiger partial charge in [0, 0.05) is 17.7 Å². The van der Waals surface area contributed by atoms with Crippen molar-refractivity contribution in [2.24, 2.45) is 0 Å². The average Bonchev–Trinajstić information content (AvgIpc) is 2.25. The molecule has 0 atom stereocenters. The van der Waals surface area contributed by atoms with Crippen molar-refractivity contribution in [1.29, 1.82) is 0 Å². The van der Waals surface area contributed by atoms with Crippen LogP contribution < -0.4 is 0 Å². The van der Waals surface area contributed by atoms with Crippen molar-refractivity contribution in [2.45, 2.75) is 20.3 Å². The summed E-state index contributed by atoms with van der Waals surface area (Å²) < 4.78 is 12.7. The molecule has 1 radical (unpaired) electrons. The molecule has 2 aromatic rings. The fourth-order valence-corrected chi connectivity index (χ4v) is 1.54. The van der Waals surface area contributed by atoms with Crippen molar-refractivity contribution >= 4 is 0 Å². The molecule has 0 saturated carbocycles. The molecule has 2 rings (SSSR count). The largest absolute Gasteiger partial charge is 0.238 e. The quantitative estimate of drug-likeness (QED) is 0.769. The second-order valence-electron chi connectivity index (χ2n) is 3.75. The van der Waals surface area contributed by atoms with E-state index < -0.39 is 0 Å². The highest BCUT2D eigenvalue weighted by Crippen LogP contribution is 2.11. The maximum atomic E-state index is 12.7. The summed E-state index contributed by atoms with van der Waals surface area (Å²) in [5, 5.41) is 0. The van der Waals surface area contributed by atoms with Gasteiger partial charge in [-0.25, -0.2) is 14.4 Å². The number of hydrogen-bond donors (Lipinski definition) is 0. The monoisotopic (exact) mass is 215 g/mol. The van der Waals surface area contributed by atoms with Gasteiger partial charge >= 0.3 is 0 Å². The lowest BCUT2D eigenvalue weighted by atomic mass is 10.1. The summed E-state index contributed by atoms with van der Waals surface area (Å²) in [5.74, 6) is 0.505. The summed E-state index contributed by atoms with van der Waals surface area (Å²) in [6.07, 6.45) is 3.65. The van der Waals surface area contributed by atoms with Gasteiger partial charge in [-0.15, -0.1) is 0 Å². The number of hydrogen-bond acceptors (Lipinski definition) is 2. The maximum Gasteiger partial charge on any atom is 0.126 e. The first-order valence-electron chi connectivity index (χ1n) is 5.11. The van der Waals surface area contributed by atoms with Crippen LogP contribution in [0.3, 0.4) is 0 Å². The highest BCUT2D eigenvalue weighted by atomic mass is 19.1. The average molecular weight is 215 g/mol. The Morgan fingerprint density at radius 1 is 1.19 bits per heavy atom. The summed E-state index contributed by atoms with van der Waals surface area (Å²) in [6.45, 7) is 3.77. The van der Waals surface area contributed by atoms with Gasteiger partial charge in [0.25, 0.3) is 0 Å². The first kappa shape index (κ1) is 10.7. The predicted octanol–water partition coefficient (Wildman–Crippen LogP) is 2.62. The van der Waals surface area contributed by atoms with E-state index in [2.05, 4.69) is 16.2 Å². The Kier molecular flexibility index (Phi) is 2.95. The second kappa shape index (κ2) is 4.39. The Morgan fingerprint density at radius 2 is 1.88 bits per heavy atom. The van der Waals surface area contributed by atoms with Gasteiger partial charge in [-0.2, -0.15) is 0 Å². The Morgan fingerprint density at radius 3 is 2.50 bits per heavy atom. The molecule has 2 nitrogen and oxygen atoms in total. The van der Waals surface area contributed by atoms with Crippen LogP contribution in [0.2, 0.25) is 0 Å². The van der Waals surface area contributed by atoms with Crippen molar-refractivity contribution in [1.82, 2.24) is 9.97 Å². The maximum absolute atomic E-state index is 12.7. The van der Waals surface area contributed by atoms with Crippen molar-refractivity contribution in [3.05, 3.63) is 58.9 Å². The van der Waals surface area contributed by atoms with Crippen molar-refractivity contribution in [3.63, 3.8) is 0 Å². The molecule has 1 heterocycles. The highest BCUT2D eigenvalue weighted by Gasteiger charge is 2.03.